The number of nitrogens with two attached hydrogens (primary N) is 1. The first-order valence-corrected chi connectivity index (χ1v) is 5.62. The van der Waals surface area contributed by atoms with Crippen LogP contribution in [0.1, 0.15) is 19.4 Å². The van der Waals surface area contributed by atoms with Crippen molar-refractivity contribution in [3.63, 3.8) is 0 Å². The Labute approximate surface area is 107 Å². The molecule has 0 atom stereocenters. The predicted octanol–water partition coefficient (Wildman–Crippen LogP) is 1.53. The number of rotatable bonds is 4. The SMILES string of the molecule is COc1ccc(F)cc1CN(C)C(=O)C(C)(C)N. The van der Waals surface area contributed by atoms with Crippen LogP contribution < -0.4 is 10.5 Å². The summed E-state index contributed by atoms with van der Waals surface area (Å²) in [6.45, 7) is 3.52. The molecule has 4 nitrogen and oxygen atoms in total. The van der Waals surface area contributed by atoms with Gasteiger partial charge >= 0.3 is 0 Å². The van der Waals surface area contributed by atoms with E-state index in [0.717, 1.165) is 0 Å². The molecule has 0 spiro atoms. The van der Waals surface area contributed by atoms with Crippen molar-refractivity contribution in [2.75, 3.05) is 14.2 Å². The summed E-state index contributed by atoms with van der Waals surface area (Å²) in [7, 11) is 3.13. The number of amides is 1. The molecular formula is C13H19FN2O2. The molecule has 0 unspecified atom stereocenters. The van der Waals surface area contributed by atoms with Gasteiger partial charge in [0.2, 0.25) is 5.91 Å². The standard InChI is InChI=1S/C13H19FN2O2/c1-13(2,15)12(17)16(3)8-9-7-10(14)5-6-11(9)18-4/h5-7H,8,15H2,1-4H3. The zero-order valence-electron chi connectivity index (χ0n) is 11.2. The van der Waals surface area contributed by atoms with E-state index in [9.17, 15) is 9.18 Å². The molecule has 2 N–H and O–H groups in total. The molecule has 0 bridgehead atoms. The third-order valence-corrected chi connectivity index (χ3v) is 2.55. The van der Waals surface area contributed by atoms with Crippen molar-refractivity contribution >= 4 is 5.91 Å². The van der Waals surface area contributed by atoms with Gasteiger partial charge in [-0.1, -0.05) is 0 Å². The van der Waals surface area contributed by atoms with Crippen LogP contribution >= 0.6 is 0 Å². The van der Waals surface area contributed by atoms with Crippen molar-refractivity contribution in [2.24, 2.45) is 5.73 Å². The summed E-state index contributed by atoms with van der Waals surface area (Å²) in [5, 5.41) is 0. The lowest BCUT2D eigenvalue weighted by atomic mass is 10.1. The third-order valence-electron chi connectivity index (χ3n) is 2.55. The molecule has 0 saturated heterocycles. The van der Waals surface area contributed by atoms with Crippen LogP contribution in [0.3, 0.4) is 0 Å². The van der Waals surface area contributed by atoms with Crippen LogP contribution in [0.25, 0.3) is 0 Å². The first-order valence-electron chi connectivity index (χ1n) is 5.62. The zero-order chi connectivity index (χ0) is 13.9. The van der Waals surface area contributed by atoms with Crippen LogP contribution in [0.4, 0.5) is 4.39 Å². The minimum Gasteiger partial charge on any atom is -0.496 e. The fraction of sp³-hybridized carbons (Fsp3) is 0.462. The van der Waals surface area contributed by atoms with Gasteiger partial charge in [0.15, 0.2) is 0 Å². The molecule has 1 aromatic rings. The average molecular weight is 254 g/mol. The molecule has 0 aliphatic heterocycles. The van der Waals surface area contributed by atoms with E-state index >= 15 is 0 Å². The number of hydrogen-bond acceptors (Lipinski definition) is 3. The maximum Gasteiger partial charge on any atom is 0.242 e. The van der Waals surface area contributed by atoms with Crippen LogP contribution in [-0.2, 0) is 11.3 Å². The lowest BCUT2D eigenvalue weighted by molar-refractivity contribution is -0.135. The minimum absolute atomic E-state index is 0.214. The number of nitrogens with zero attached hydrogens (tertiary/aromatic N) is 1. The van der Waals surface area contributed by atoms with E-state index in [1.54, 1.807) is 20.9 Å². The molecule has 0 fully saturated rings. The number of methoxy groups -OCH3 is 1. The van der Waals surface area contributed by atoms with E-state index in [4.69, 9.17) is 10.5 Å². The fourth-order valence-electron chi connectivity index (χ4n) is 1.69. The van der Waals surface area contributed by atoms with Gasteiger partial charge in [0.05, 0.1) is 12.6 Å². The van der Waals surface area contributed by atoms with E-state index in [1.807, 2.05) is 0 Å². The number of likely N-dealkylation sites (N-methyl/N-ethyl adjacent to an activating group) is 1. The van der Waals surface area contributed by atoms with Crippen LogP contribution in [0.5, 0.6) is 5.75 Å². The Balaban J connectivity index is 2.91. The average Bonchev–Trinajstić information content (AvgIpc) is 2.27. The van der Waals surface area contributed by atoms with E-state index in [2.05, 4.69) is 0 Å². The lowest BCUT2D eigenvalue weighted by Crippen LogP contribution is -2.49. The number of carbonyl (C=O) groups is 1. The van der Waals surface area contributed by atoms with Crippen molar-refractivity contribution in [2.45, 2.75) is 25.9 Å². The Morgan fingerprint density at radius 1 is 1.50 bits per heavy atom. The summed E-state index contributed by atoms with van der Waals surface area (Å²) in [5.74, 6) is -0.0293. The van der Waals surface area contributed by atoms with Crippen molar-refractivity contribution in [1.29, 1.82) is 0 Å². The summed E-state index contributed by atoms with van der Waals surface area (Å²) in [6, 6.07) is 4.21. The van der Waals surface area contributed by atoms with Gasteiger partial charge in [-0.25, -0.2) is 4.39 Å². The molecule has 0 aromatic heterocycles. The molecule has 0 heterocycles. The Morgan fingerprint density at radius 2 is 2.11 bits per heavy atom. The Hall–Kier alpha value is -1.62. The van der Waals surface area contributed by atoms with Gasteiger partial charge in [0.1, 0.15) is 11.6 Å². The van der Waals surface area contributed by atoms with Gasteiger partial charge in [-0.05, 0) is 32.0 Å². The maximum atomic E-state index is 13.2. The number of halogens is 1. The second kappa shape index (κ2) is 5.35. The number of hydrogen-bond donors (Lipinski definition) is 1. The maximum absolute atomic E-state index is 13.2. The summed E-state index contributed by atoms with van der Waals surface area (Å²) in [5.41, 5.74) is 5.40. The van der Waals surface area contributed by atoms with Gasteiger partial charge in [0.25, 0.3) is 0 Å². The molecule has 1 aromatic carbocycles. The third kappa shape index (κ3) is 3.43. The Morgan fingerprint density at radius 3 is 2.61 bits per heavy atom. The Kier molecular flexibility index (Phi) is 4.29. The highest BCUT2D eigenvalue weighted by Gasteiger charge is 2.26. The molecule has 18 heavy (non-hydrogen) atoms. The molecule has 0 saturated carbocycles. The molecule has 0 aliphatic carbocycles. The van der Waals surface area contributed by atoms with Crippen molar-refractivity contribution in [3.05, 3.63) is 29.6 Å². The van der Waals surface area contributed by atoms with Gasteiger partial charge in [-0.15, -0.1) is 0 Å². The van der Waals surface area contributed by atoms with Crippen LogP contribution in [0, 0.1) is 5.82 Å². The molecule has 1 rings (SSSR count). The molecule has 0 radical (unpaired) electrons. The largest absolute Gasteiger partial charge is 0.496 e. The number of benzene rings is 1. The Bertz CT molecular complexity index is 441. The van der Waals surface area contributed by atoms with Crippen LogP contribution in [0.2, 0.25) is 0 Å². The molecule has 100 valence electrons. The van der Waals surface area contributed by atoms with E-state index in [-0.39, 0.29) is 18.3 Å². The first-order chi connectivity index (χ1) is 8.25. The summed E-state index contributed by atoms with van der Waals surface area (Å²) in [6.07, 6.45) is 0. The van der Waals surface area contributed by atoms with Gasteiger partial charge in [-0.2, -0.15) is 0 Å². The fourth-order valence-corrected chi connectivity index (χ4v) is 1.69. The zero-order valence-corrected chi connectivity index (χ0v) is 11.2. The highest BCUT2D eigenvalue weighted by atomic mass is 19.1. The number of ether oxygens (including phenoxy) is 1. The van der Waals surface area contributed by atoms with Gasteiger partial charge < -0.3 is 15.4 Å². The highest BCUT2D eigenvalue weighted by Crippen LogP contribution is 2.21. The minimum atomic E-state index is -0.949. The van der Waals surface area contributed by atoms with E-state index < -0.39 is 5.54 Å². The quantitative estimate of drug-likeness (QED) is 0.886. The van der Waals surface area contributed by atoms with Crippen LogP contribution in [-0.4, -0.2) is 30.5 Å². The van der Waals surface area contributed by atoms with E-state index in [1.165, 1.54) is 30.2 Å². The summed E-state index contributed by atoms with van der Waals surface area (Å²) >= 11 is 0. The number of carbonyl (C=O) groups excluding carboxylic acids is 1. The summed E-state index contributed by atoms with van der Waals surface area (Å²) in [4.78, 5) is 13.4. The monoisotopic (exact) mass is 254 g/mol. The van der Waals surface area contributed by atoms with Gasteiger partial charge in [-0.3, -0.25) is 4.79 Å². The smallest absolute Gasteiger partial charge is 0.242 e. The predicted molar refractivity (Wildman–Crippen MR) is 67.7 cm³/mol. The second-order valence-corrected chi connectivity index (χ2v) is 4.84. The lowest BCUT2D eigenvalue weighted by Gasteiger charge is -2.26. The van der Waals surface area contributed by atoms with Crippen molar-refractivity contribution < 1.29 is 13.9 Å². The summed E-state index contributed by atoms with van der Waals surface area (Å²) < 4.78 is 18.3. The van der Waals surface area contributed by atoms with Gasteiger partial charge in [0, 0.05) is 19.2 Å². The normalized spacial score (nSPS) is 11.2. The van der Waals surface area contributed by atoms with E-state index in [0.29, 0.717) is 11.3 Å². The molecular weight excluding hydrogens is 235 g/mol. The molecule has 0 aliphatic rings. The highest BCUT2D eigenvalue weighted by molar-refractivity contribution is 5.84. The molecule has 5 heteroatoms. The van der Waals surface area contributed by atoms with Crippen molar-refractivity contribution in [1.82, 2.24) is 4.90 Å². The second-order valence-electron chi connectivity index (χ2n) is 4.84. The molecule has 1 amide bonds. The first kappa shape index (κ1) is 14.4. The van der Waals surface area contributed by atoms with Crippen molar-refractivity contribution in [3.8, 4) is 5.75 Å². The van der Waals surface area contributed by atoms with Crippen LogP contribution in [0.15, 0.2) is 18.2 Å². The topological polar surface area (TPSA) is 55.6 Å².